The van der Waals surface area contributed by atoms with E-state index in [0.717, 1.165) is 10.8 Å². The summed E-state index contributed by atoms with van der Waals surface area (Å²) in [5.74, 6) is -2.69. The number of nitrogens with zero attached hydrogens (tertiary/aromatic N) is 1. The lowest BCUT2D eigenvalue weighted by Gasteiger charge is -2.35. The van der Waals surface area contributed by atoms with E-state index >= 15 is 0 Å². The standard InChI is InChI=1S/C27H24F3NO5/c1-15-12-31(13-16(2)34-15)14-21-22(32)10-9-20-23(33)25(26(27(28,29)30)36-24(20)21)35-19-8-7-17-5-3-4-6-18(17)11-19/h3-11,15-16,32H,12-14H2,1-2H3/t15-,16-/m1/s1. The van der Waals surface area contributed by atoms with Crippen molar-refractivity contribution in [1.82, 2.24) is 4.90 Å². The summed E-state index contributed by atoms with van der Waals surface area (Å²) >= 11 is 0. The van der Waals surface area contributed by atoms with E-state index in [1.165, 1.54) is 18.2 Å². The lowest BCUT2D eigenvalue weighted by atomic mass is 10.1. The molecule has 2 heterocycles. The Morgan fingerprint density at radius 3 is 2.42 bits per heavy atom. The molecule has 0 bridgehead atoms. The van der Waals surface area contributed by atoms with Gasteiger partial charge in [0, 0.05) is 19.6 Å². The largest absolute Gasteiger partial charge is 0.507 e. The van der Waals surface area contributed by atoms with E-state index in [2.05, 4.69) is 0 Å². The van der Waals surface area contributed by atoms with E-state index in [1.807, 2.05) is 30.9 Å². The maximum atomic E-state index is 14.1. The fourth-order valence-corrected chi connectivity index (χ4v) is 4.70. The minimum atomic E-state index is -5.01. The van der Waals surface area contributed by atoms with Crippen molar-refractivity contribution >= 4 is 21.7 Å². The van der Waals surface area contributed by atoms with Crippen molar-refractivity contribution in [1.29, 1.82) is 0 Å². The van der Waals surface area contributed by atoms with Gasteiger partial charge in [-0.15, -0.1) is 0 Å². The van der Waals surface area contributed by atoms with Crippen LogP contribution >= 0.6 is 0 Å². The van der Waals surface area contributed by atoms with Gasteiger partial charge in [-0.25, -0.2) is 0 Å². The average molecular weight is 499 g/mol. The van der Waals surface area contributed by atoms with E-state index in [9.17, 15) is 23.1 Å². The molecule has 4 aromatic rings. The first-order chi connectivity index (χ1) is 17.1. The number of ether oxygens (including phenoxy) is 2. The Labute approximate surface area is 204 Å². The zero-order valence-corrected chi connectivity index (χ0v) is 19.6. The molecule has 1 aliphatic rings. The molecule has 5 rings (SSSR count). The molecule has 1 aliphatic heterocycles. The summed E-state index contributed by atoms with van der Waals surface area (Å²) in [5, 5.41) is 12.0. The Hall–Kier alpha value is -3.56. The molecule has 1 aromatic heterocycles. The maximum Gasteiger partial charge on any atom is 0.453 e. The normalized spacial score (nSPS) is 19.1. The third-order valence-corrected chi connectivity index (χ3v) is 6.17. The van der Waals surface area contributed by atoms with E-state index in [0.29, 0.717) is 13.1 Å². The zero-order valence-electron chi connectivity index (χ0n) is 19.6. The molecule has 188 valence electrons. The lowest BCUT2D eigenvalue weighted by Crippen LogP contribution is -2.44. The topological polar surface area (TPSA) is 72.1 Å². The van der Waals surface area contributed by atoms with Crippen molar-refractivity contribution in [2.24, 2.45) is 0 Å². The Bertz CT molecular complexity index is 1490. The molecule has 0 amide bonds. The molecular formula is C27H24F3NO5. The molecule has 9 heteroatoms. The zero-order chi connectivity index (χ0) is 25.6. The predicted molar refractivity (Wildman–Crippen MR) is 128 cm³/mol. The molecule has 6 nitrogen and oxygen atoms in total. The summed E-state index contributed by atoms with van der Waals surface area (Å²) in [6.07, 6.45) is -5.19. The fourth-order valence-electron chi connectivity index (χ4n) is 4.70. The van der Waals surface area contributed by atoms with Crippen molar-refractivity contribution in [3.8, 4) is 17.2 Å². The second-order valence-corrected chi connectivity index (χ2v) is 9.09. The number of aromatic hydroxyl groups is 1. The van der Waals surface area contributed by atoms with Crippen LogP contribution in [0.15, 0.2) is 63.8 Å². The van der Waals surface area contributed by atoms with Gasteiger partial charge in [0.15, 0.2) is 0 Å². The van der Waals surface area contributed by atoms with Crippen molar-refractivity contribution in [2.75, 3.05) is 13.1 Å². The third-order valence-electron chi connectivity index (χ3n) is 6.17. The molecule has 0 spiro atoms. The highest BCUT2D eigenvalue weighted by Crippen LogP contribution is 2.40. The molecular weight excluding hydrogens is 475 g/mol. The first-order valence-electron chi connectivity index (χ1n) is 11.5. The molecule has 36 heavy (non-hydrogen) atoms. The number of benzene rings is 3. The number of alkyl halides is 3. The van der Waals surface area contributed by atoms with Gasteiger partial charge in [-0.3, -0.25) is 9.69 Å². The Morgan fingerprint density at radius 2 is 1.72 bits per heavy atom. The Morgan fingerprint density at radius 1 is 1.03 bits per heavy atom. The third kappa shape index (κ3) is 4.64. The van der Waals surface area contributed by atoms with Gasteiger partial charge in [-0.1, -0.05) is 30.3 Å². The second kappa shape index (κ2) is 9.15. The number of hydrogen-bond acceptors (Lipinski definition) is 6. The number of rotatable bonds is 4. The molecule has 0 unspecified atom stereocenters. The highest BCUT2D eigenvalue weighted by molar-refractivity contribution is 5.85. The van der Waals surface area contributed by atoms with E-state index in [1.54, 1.807) is 24.3 Å². The maximum absolute atomic E-state index is 14.1. The van der Waals surface area contributed by atoms with Crippen LogP contribution in [0.5, 0.6) is 17.2 Å². The number of phenolic OH excluding ortho intramolecular Hbond substituents is 1. The molecule has 3 aromatic carbocycles. The highest BCUT2D eigenvalue weighted by Gasteiger charge is 2.41. The van der Waals surface area contributed by atoms with Crippen molar-refractivity contribution < 1.29 is 32.2 Å². The first-order valence-corrected chi connectivity index (χ1v) is 11.5. The average Bonchev–Trinajstić information content (AvgIpc) is 2.81. The van der Waals surface area contributed by atoms with Gasteiger partial charge < -0.3 is 19.0 Å². The van der Waals surface area contributed by atoms with Crippen LogP contribution in [0.2, 0.25) is 0 Å². The predicted octanol–water partition coefficient (Wildman–Crippen LogP) is 6.07. The lowest BCUT2D eigenvalue weighted by molar-refractivity contribution is -0.154. The summed E-state index contributed by atoms with van der Waals surface area (Å²) in [6.45, 7) is 4.90. The number of morpholine rings is 1. The minimum Gasteiger partial charge on any atom is -0.507 e. The van der Waals surface area contributed by atoms with E-state index < -0.39 is 23.1 Å². The molecule has 0 aliphatic carbocycles. The van der Waals surface area contributed by atoms with Crippen molar-refractivity contribution in [2.45, 2.75) is 38.8 Å². The second-order valence-electron chi connectivity index (χ2n) is 9.09. The molecule has 2 atom stereocenters. The van der Waals surface area contributed by atoms with Crippen LogP contribution in [0.1, 0.15) is 25.2 Å². The smallest absolute Gasteiger partial charge is 0.453 e. The van der Waals surface area contributed by atoms with Crippen molar-refractivity contribution in [3.63, 3.8) is 0 Å². The SMILES string of the molecule is C[C@@H]1CN(Cc2c(O)ccc3c(=O)c(Oc4ccc5ccccc5c4)c(C(F)(F)F)oc23)C[C@@H](C)O1. The number of halogens is 3. The summed E-state index contributed by atoms with van der Waals surface area (Å²) in [7, 11) is 0. The van der Waals surface area contributed by atoms with Gasteiger partial charge in [-0.2, -0.15) is 13.2 Å². The highest BCUT2D eigenvalue weighted by atomic mass is 19.4. The minimum absolute atomic E-state index is 0.0705. The Balaban J connectivity index is 1.62. The molecule has 0 radical (unpaired) electrons. The summed E-state index contributed by atoms with van der Waals surface area (Å²) in [5.41, 5.74) is -1.18. The summed E-state index contributed by atoms with van der Waals surface area (Å²) < 4.78 is 58.9. The van der Waals surface area contributed by atoms with Crippen LogP contribution in [0.25, 0.3) is 21.7 Å². The Kier molecular flexibility index (Phi) is 6.13. The fraction of sp³-hybridized carbons (Fsp3) is 0.296. The van der Waals surface area contributed by atoms with Gasteiger partial charge >= 0.3 is 6.18 Å². The monoisotopic (exact) mass is 499 g/mol. The molecule has 1 N–H and O–H groups in total. The van der Waals surface area contributed by atoms with Crippen LogP contribution in [0.4, 0.5) is 13.2 Å². The van der Waals surface area contributed by atoms with Crippen LogP contribution in [-0.4, -0.2) is 35.3 Å². The van der Waals surface area contributed by atoms with Crippen LogP contribution < -0.4 is 10.2 Å². The van der Waals surface area contributed by atoms with Gasteiger partial charge in [0.05, 0.1) is 23.2 Å². The van der Waals surface area contributed by atoms with Crippen LogP contribution in [0.3, 0.4) is 0 Å². The summed E-state index contributed by atoms with van der Waals surface area (Å²) in [6, 6.07) is 14.6. The molecule has 1 saturated heterocycles. The van der Waals surface area contributed by atoms with Gasteiger partial charge in [0.2, 0.25) is 11.2 Å². The van der Waals surface area contributed by atoms with Gasteiger partial charge in [-0.05, 0) is 48.9 Å². The molecule has 1 fully saturated rings. The number of fused-ring (bicyclic) bond motifs is 2. The number of phenols is 1. The van der Waals surface area contributed by atoms with Crippen LogP contribution in [0, 0.1) is 0 Å². The van der Waals surface area contributed by atoms with Crippen LogP contribution in [-0.2, 0) is 17.5 Å². The van der Waals surface area contributed by atoms with Gasteiger partial charge in [0.1, 0.15) is 17.1 Å². The van der Waals surface area contributed by atoms with Gasteiger partial charge in [0.25, 0.3) is 5.76 Å². The first kappa shape index (κ1) is 24.1. The molecule has 0 saturated carbocycles. The quantitative estimate of drug-likeness (QED) is 0.367. The van der Waals surface area contributed by atoms with E-state index in [-0.39, 0.29) is 46.8 Å². The summed E-state index contributed by atoms with van der Waals surface area (Å²) in [4.78, 5) is 15.3. The van der Waals surface area contributed by atoms with E-state index in [4.69, 9.17) is 13.9 Å². The van der Waals surface area contributed by atoms with Crippen molar-refractivity contribution in [3.05, 3.63) is 76.1 Å². The number of hydrogen-bond donors (Lipinski definition) is 1.